The van der Waals surface area contributed by atoms with Crippen molar-refractivity contribution in [3.05, 3.63) is 35.9 Å². The van der Waals surface area contributed by atoms with Crippen molar-refractivity contribution in [2.75, 3.05) is 0 Å². The Morgan fingerprint density at radius 1 is 1.12 bits per heavy atom. The molecule has 3 heterocycles. The first-order valence-corrected chi connectivity index (χ1v) is 7.66. The van der Waals surface area contributed by atoms with E-state index in [2.05, 4.69) is 20.6 Å². The summed E-state index contributed by atoms with van der Waals surface area (Å²) in [4.78, 5) is 20.8. The van der Waals surface area contributed by atoms with Gasteiger partial charge in [-0.05, 0) is 31.7 Å². The molecule has 4 rings (SSSR count). The number of halogens is 3. The van der Waals surface area contributed by atoms with Crippen molar-refractivity contribution >= 4 is 41.8 Å². The van der Waals surface area contributed by atoms with Crippen LogP contribution in [-0.2, 0) is 0 Å². The van der Waals surface area contributed by atoms with Crippen LogP contribution in [0.5, 0.6) is 0 Å². The van der Waals surface area contributed by atoms with Gasteiger partial charge in [0.2, 0.25) is 0 Å². The lowest BCUT2D eigenvalue weighted by atomic mass is 9.99. The smallest absolute Gasteiger partial charge is 0.253 e. The molecule has 0 aliphatic carbocycles. The Balaban J connectivity index is 0.00000104. The van der Waals surface area contributed by atoms with Crippen molar-refractivity contribution in [2.45, 2.75) is 43.8 Å². The number of benzene rings is 1. The van der Waals surface area contributed by atoms with Crippen LogP contribution in [-0.4, -0.2) is 34.0 Å². The van der Waals surface area contributed by atoms with Crippen LogP contribution in [0, 0.1) is 5.82 Å². The van der Waals surface area contributed by atoms with Crippen molar-refractivity contribution in [1.29, 1.82) is 0 Å². The molecule has 2 aliphatic rings. The highest BCUT2D eigenvalue weighted by atomic mass is 35.5. The quantitative estimate of drug-likeness (QED) is 0.850. The average Bonchev–Trinajstić information content (AvgIpc) is 2.85. The molecule has 0 radical (unpaired) electrons. The zero-order chi connectivity index (χ0) is 15.1. The summed E-state index contributed by atoms with van der Waals surface area (Å²) < 4.78 is 13.7. The van der Waals surface area contributed by atoms with Crippen LogP contribution in [0.3, 0.4) is 0 Å². The number of nitrogens with zero attached hydrogens (tertiary/aromatic N) is 2. The van der Waals surface area contributed by atoms with Gasteiger partial charge in [0, 0.05) is 36.6 Å². The minimum absolute atomic E-state index is 0. The highest BCUT2D eigenvalue weighted by Gasteiger charge is 2.34. The van der Waals surface area contributed by atoms with Crippen LogP contribution in [0.25, 0.3) is 11.0 Å². The van der Waals surface area contributed by atoms with Crippen LogP contribution in [0.15, 0.2) is 24.5 Å². The molecule has 1 aromatic heterocycles. The van der Waals surface area contributed by atoms with Gasteiger partial charge in [0.1, 0.15) is 11.3 Å². The first-order valence-electron chi connectivity index (χ1n) is 7.66. The first kappa shape index (κ1) is 18.8. The van der Waals surface area contributed by atoms with E-state index in [4.69, 9.17) is 0 Å². The van der Waals surface area contributed by atoms with E-state index in [9.17, 15) is 9.18 Å². The van der Waals surface area contributed by atoms with Gasteiger partial charge in [-0.25, -0.2) is 4.39 Å². The highest BCUT2D eigenvalue weighted by molar-refractivity contribution is 6.04. The van der Waals surface area contributed by atoms with E-state index in [1.54, 1.807) is 0 Å². The predicted octanol–water partition coefficient (Wildman–Crippen LogP) is 2.63. The average molecular weight is 373 g/mol. The van der Waals surface area contributed by atoms with Gasteiger partial charge in [0.25, 0.3) is 5.91 Å². The predicted molar refractivity (Wildman–Crippen MR) is 94.4 cm³/mol. The molecule has 130 valence electrons. The third-order valence-corrected chi connectivity index (χ3v) is 4.59. The summed E-state index contributed by atoms with van der Waals surface area (Å²) in [5.74, 6) is -0.736. The Kier molecular flexibility index (Phi) is 5.96. The molecule has 0 saturated carbocycles. The second kappa shape index (κ2) is 7.59. The number of aromatic nitrogens is 2. The van der Waals surface area contributed by atoms with E-state index in [1.165, 1.54) is 37.4 Å². The molecule has 2 aliphatic heterocycles. The number of carbonyl (C=O) groups is 1. The largest absolute Gasteiger partial charge is 0.349 e. The number of hydrogen-bond donors (Lipinski definition) is 2. The third-order valence-electron chi connectivity index (χ3n) is 4.59. The molecule has 2 unspecified atom stereocenters. The number of piperidine rings is 1. The molecule has 2 bridgehead atoms. The minimum atomic E-state index is -0.469. The zero-order valence-corrected chi connectivity index (χ0v) is 14.5. The van der Waals surface area contributed by atoms with Crippen molar-refractivity contribution < 1.29 is 9.18 Å². The molecule has 8 heteroatoms. The molecule has 5 nitrogen and oxygen atoms in total. The Bertz CT molecular complexity index is 733. The van der Waals surface area contributed by atoms with E-state index in [1.807, 2.05) is 0 Å². The highest BCUT2D eigenvalue weighted by Crippen LogP contribution is 2.27. The molecule has 2 N–H and O–H groups in total. The monoisotopic (exact) mass is 372 g/mol. The zero-order valence-electron chi connectivity index (χ0n) is 12.9. The standard InChI is InChI=1S/C16H17FN4O.2ClH/c17-9-5-13(15-14(6-9)18-3-4-19-15)16(22)21-12-7-10-1-2-11(8-12)20-10;;/h3-6,10-12,20H,1-2,7-8H2,(H,21,22);2*1H. The fraction of sp³-hybridized carbons (Fsp3) is 0.438. The van der Waals surface area contributed by atoms with E-state index in [0.29, 0.717) is 23.1 Å². The van der Waals surface area contributed by atoms with Gasteiger partial charge >= 0.3 is 0 Å². The van der Waals surface area contributed by atoms with E-state index in [-0.39, 0.29) is 42.3 Å². The summed E-state index contributed by atoms with van der Waals surface area (Å²) in [5.41, 5.74) is 1.10. The van der Waals surface area contributed by atoms with Crippen molar-refractivity contribution in [3.8, 4) is 0 Å². The van der Waals surface area contributed by atoms with Gasteiger partial charge in [0.15, 0.2) is 0 Å². The summed E-state index contributed by atoms with van der Waals surface area (Å²) in [6.07, 6.45) is 7.22. The molecular formula is C16H19Cl2FN4O. The Morgan fingerprint density at radius 3 is 2.50 bits per heavy atom. The lowest BCUT2D eigenvalue weighted by Crippen LogP contribution is -2.48. The summed E-state index contributed by atoms with van der Waals surface area (Å²) in [6, 6.07) is 3.66. The van der Waals surface area contributed by atoms with Crippen LogP contribution in [0.4, 0.5) is 4.39 Å². The Labute approximate surface area is 151 Å². The van der Waals surface area contributed by atoms with Crippen LogP contribution in [0.1, 0.15) is 36.0 Å². The molecular weight excluding hydrogens is 354 g/mol. The number of carbonyl (C=O) groups excluding carboxylic acids is 1. The molecule has 24 heavy (non-hydrogen) atoms. The van der Waals surface area contributed by atoms with Crippen LogP contribution >= 0.6 is 24.8 Å². The first-order chi connectivity index (χ1) is 10.7. The number of hydrogen-bond acceptors (Lipinski definition) is 4. The lowest BCUT2D eigenvalue weighted by molar-refractivity contribution is 0.0925. The maximum Gasteiger partial charge on any atom is 0.253 e. The summed E-state index contributed by atoms with van der Waals surface area (Å²) in [5, 5.41) is 6.58. The number of rotatable bonds is 2. The fourth-order valence-electron chi connectivity index (χ4n) is 3.65. The molecule has 2 aromatic rings. The van der Waals surface area contributed by atoms with E-state index < -0.39 is 5.82 Å². The van der Waals surface area contributed by atoms with Crippen molar-refractivity contribution in [2.24, 2.45) is 0 Å². The van der Waals surface area contributed by atoms with Crippen LogP contribution in [0.2, 0.25) is 0 Å². The second-order valence-corrected chi connectivity index (χ2v) is 6.16. The van der Waals surface area contributed by atoms with Gasteiger partial charge in [0.05, 0.1) is 11.1 Å². The summed E-state index contributed by atoms with van der Waals surface area (Å²) in [7, 11) is 0. The van der Waals surface area contributed by atoms with Gasteiger partial charge < -0.3 is 10.6 Å². The molecule has 1 aromatic carbocycles. The molecule has 0 spiro atoms. The molecule has 2 fully saturated rings. The Morgan fingerprint density at radius 2 is 1.79 bits per heavy atom. The lowest BCUT2D eigenvalue weighted by Gasteiger charge is -2.29. The fourth-order valence-corrected chi connectivity index (χ4v) is 3.65. The molecule has 2 saturated heterocycles. The third kappa shape index (κ3) is 3.61. The summed E-state index contributed by atoms with van der Waals surface area (Å²) in [6.45, 7) is 0. The number of nitrogens with one attached hydrogen (secondary N) is 2. The van der Waals surface area contributed by atoms with Gasteiger partial charge in [-0.15, -0.1) is 24.8 Å². The van der Waals surface area contributed by atoms with Gasteiger partial charge in [-0.1, -0.05) is 0 Å². The summed E-state index contributed by atoms with van der Waals surface area (Å²) >= 11 is 0. The van der Waals surface area contributed by atoms with E-state index in [0.717, 1.165) is 12.8 Å². The van der Waals surface area contributed by atoms with Crippen LogP contribution < -0.4 is 10.6 Å². The maximum atomic E-state index is 13.7. The Hall–Kier alpha value is -1.50. The molecule has 1 amide bonds. The van der Waals surface area contributed by atoms with Gasteiger partial charge in [-0.2, -0.15) is 0 Å². The molecule has 2 atom stereocenters. The van der Waals surface area contributed by atoms with Gasteiger partial charge in [-0.3, -0.25) is 14.8 Å². The minimum Gasteiger partial charge on any atom is -0.349 e. The van der Waals surface area contributed by atoms with Crippen molar-refractivity contribution in [3.63, 3.8) is 0 Å². The van der Waals surface area contributed by atoms with Crippen molar-refractivity contribution in [1.82, 2.24) is 20.6 Å². The SMILES string of the molecule is Cl.Cl.O=C(NC1CC2CCC(C1)N2)c1cc(F)cc2nccnc12. The normalized spacial score (nSPS) is 24.8. The number of fused-ring (bicyclic) bond motifs is 3. The maximum absolute atomic E-state index is 13.7. The second-order valence-electron chi connectivity index (χ2n) is 6.16. The topological polar surface area (TPSA) is 66.9 Å². The number of amides is 1. The van der Waals surface area contributed by atoms with E-state index >= 15 is 0 Å².